The molecule has 49 heavy (non-hydrogen) atoms. The van der Waals surface area contributed by atoms with E-state index in [4.69, 9.17) is 4.99 Å². The molecule has 0 saturated heterocycles. The molecule has 0 radical (unpaired) electrons. The molecule has 0 amide bonds. The van der Waals surface area contributed by atoms with Crippen molar-refractivity contribution in [3.8, 4) is 0 Å². The topological polar surface area (TPSA) is 24.4 Å². The normalized spacial score (nSPS) is 25.6. The van der Waals surface area contributed by atoms with Crippen molar-refractivity contribution in [1.82, 2.24) is 0 Å². The average Bonchev–Trinajstić information content (AvgIpc) is 3.70. The van der Waals surface area contributed by atoms with Gasteiger partial charge in [-0.05, 0) is 105 Å². The average molecular weight is 655 g/mol. The number of rotatable bonds is 3. The van der Waals surface area contributed by atoms with E-state index < -0.39 is 0 Å². The maximum Gasteiger partial charge on any atom is 0.130 e. The third-order valence-electron chi connectivity index (χ3n) is 12.4. The number of allylic oxidation sites excluding steroid dienone is 11. The van der Waals surface area contributed by atoms with Crippen LogP contribution in [0.15, 0.2) is 137 Å². The molecule has 2 heterocycles. The Morgan fingerprint density at radius 1 is 0.796 bits per heavy atom. The zero-order valence-electron chi connectivity index (χ0n) is 28.8. The maximum absolute atomic E-state index is 5.40. The van der Waals surface area contributed by atoms with E-state index in [0.29, 0.717) is 11.8 Å². The fourth-order valence-electron chi connectivity index (χ4n) is 9.83. The SMILES string of the molecule is CC1(C)C2=CC3C4=CCCC=C4C(C)(C)C3C=C2c2cc(C3=CC=C(C4=NC(c5ccccc5)c5c(sc6ccccc56)N4)CC3)ccc21. The minimum Gasteiger partial charge on any atom is -0.332 e. The van der Waals surface area contributed by atoms with Gasteiger partial charge >= 0.3 is 0 Å². The smallest absolute Gasteiger partial charge is 0.130 e. The molecular weight excluding hydrogens is 613 g/mol. The highest BCUT2D eigenvalue weighted by Gasteiger charge is 2.51. The summed E-state index contributed by atoms with van der Waals surface area (Å²) in [5.41, 5.74) is 15.9. The van der Waals surface area contributed by atoms with Gasteiger partial charge in [-0.25, -0.2) is 0 Å². The fraction of sp³-hybridized carbons (Fsp3) is 0.283. The molecule has 6 aliphatic rings. The Hall–Kier alpha value is -4.47. The number of anilines is 1. The Balaban J connectivity index is 1.00. The highest BCUT2D eigenvalue weighted by Crippen LogP contribution is 2.62. The number of nitrogens with one attached hydrogen (secondary N) is 1. The van der Waals surface area contributed by atoms with Crippen LogP contribution in [0.25, 0.3) is 21.2 Å². The van der Waals surface area contributed by atoms with Crippen molar-refractivity contribution < 1.29 is 0 Å². The number of thiophene rings is 1. The van der Waals surface area contributed by atoms with Gasteiger partial charge in [0, 0.05) is 27.0 Å². The van der Waals surface area contributed by atoms with Crippen LogP contribution in [0.1, 0.15) is 87.2 Å². The number of fused-ring (bicyclic) bond motifs is 9. The van der Waals surface area contributed by atoms with Crippen molar-refractivity contribution >= 4 is 43.4 Å². The summed E-state index contributed by atoms with van der Waals surface area (Å²) in [4.78, 5) is 5.40. The van der Waals surface area contributed by atoms with E-state index in [1.165, 1.54) is 78.0 Å². The van der Waals surface area contributed by atoms with Crippen molar-refractivity contribution in [1.29, 1.82) is 0 Å². The van der Waals surface area contributed by atoms with Crippen LogP contribution in [0.2, 0.25) is 0 Å². The minimum absolute atomic E-state index is 0.00998. The van der Waals surface area contributed by atoms with E-state index >= 15 is 0 Å². The summed E-state index contributed by atoms with van der Waals surface area (Å²) in [5, 5.41) is 6.30. The van der Waals surface area contributed by atoms with Gasteiger partial charge in [0.25, 0.3) is 0 Å². The summed E-state index contributed by atoms with van der Waals surface area (Å²) in [6, 6.07) is 26.8. The number of nitrogens with zero attached hydrogens (tertiary/aromatic N) is 1. The van der Waals surface area contributed by atoms with Crippen LogP contribution in [0, 0.1) is 17.3 Å². The number of hydrogen-bond donors (Lipinski definition) is 1. The molecule has 1 fully saturated rings. The molecule has 1 aliphatic heterocycles. The lowest BCUT2D eigenvalue weighted by Crippen LogP contribution is -2.25. The lowest BCUT2D eigenvalue weighted by molar-refractivity contribution is 0.332. The Bertz CT molecular complexity index is 2310. The molecule has 4 aromatic rings. The number of benzene rings is 3. The highest BCUT2D eigenvalue weighted by molar-refractivity contribution is 7.23. The van der Waals surface area contributed by atoms with Crippen molar-refractivity contribution in [3.05, 3.63) is 159 Å². The lowest BCUT2D eigenvalue weighted by atomic mass is 9.70. The first-order chi connectivity index (χ1) is 23.8. The summed E-state index contributed by atoms with van der Waals surface area (Å²) in [6.45, 7) is 9.81. The van der Waals surface area contributed by atoms with Crippen molar-refractivity contribution in [2.45, 2.75) is 64.8 Å². The van der Waals surface area contributed by atoms with Crippen LogP contribution >= 0.6 is 11.3 Å². The first-order valence-corrected chi connectivity index (χ1v) is 18.9. The van der Waals surface area contributed by atoms with Gasteiger partial charge < -0.3 is 5.32 Å². The van der Waals surface area contributed by atoms with Gasteiger partial charge in [-0.2, -0.15) is 0 Å². The van der Waals surface area contributed by atoms with Crippen LogP contribution in [0.3, 0.4) is 0 Å². The van der Waals surface area contributed by atoms with Crippen molar-refractivity contribution in [2.75, 3.05) is 5.32 Å². The molecule has 5 aliphatic carbocycles. The fourth-order valence-corrected chi connectivity index (χ4v) is 11.0. The molecule has 0 bridgehead atoms. The van der Waals surface area contributed by atoms with E-state index in [9.17, 15) is 0 Å². The second kappa shape index (κ2) is 10.5. The van der Waals surface area contributed by atoms with Gasteiger partial charge in [0.2, 0.25) is 0 Å². The molecule has 1 saturated carbocycles. The number of aliphatic imine (C=N–C) groups is 1. The van der Waals surface area contributed by atoms with Gasteiger partial charge in [-0.1, -0.05) is 125 Å². The Morgan fingerprint density at radius 3 is 2.41 bits per heavy atom. The molecule has 3 aromatic carbocycles. The first kappa shape index (κ1) is 29.4. The predicted octanol–water partition coefficient (Wildman–Crippen LogP) is 12.2. The lowest BCUT2D eigenvalue weighted by Gasteiger charge is -2.33. The molecule has 3 unspecified atom stereocenters. The zero-order chi connectivity index (χ0) is 33.1. The third-order valence-corrected chi connectivity index (χ3v) is 13.5. The quantitative estimate of drug-likeness (QED) is 0.234. The highest BCUT2D eigenvalue weighted by atomic mass is 32.1. The molecule has 3 atom stereocenters. The number of amidine groups is 1. The second-order valence-corrected chi connectivity index (χ2v) is 16.9. The van der Waals surface area contributed by atoms with E-state index in [1.54, 1.807) is 11.1 Å². The maximum atomic E-state index is 5.40. The van der Waals surface area contributed by atoms with Gasteiger partial charge in [0.05, 0.1) is 0 Å². The monoisotopic (exact) mass is 654 g/mol. The number of hydrogen-bond acceptors (Lipinski definition) is 3. The predicted molar refractivity (Wildman–Crippen MR) is 208 cm³/mol. The standard InChI is InChI=1S/C46H42N2S/c1-45(2)36-16-10-8-14-31(36)34-25-39-35(26-38(34)45)33-24-30(22-23-37(33)46(39,3)4)27-18-20-29(21-19-27)43-47-42(28-12-6-5-7-13-28)41-32-15-9-11-17-40(32)49-44(41)48-43/h5-7,9,11-18,20,22-26,34,38,42H,8,10,19,21H2,1-4H3,(H,47,48). The van der Waals surface area contributed by atoms with Crippen LogP contribution in [-0.4, -0.2) is 5.84 Å². The molecule has 0 spiro atoms. The Kier molecular flexibility index (Phi) is 6.32. The summed E-state index contributed by atoms with van der Waals surface area (Å²) in [5.74, 6) is 2.02. The first-order valence-electron chi connectivity index (χ1n) is 18.1. The Labute approximate surface area is 294 Å². The Morgan fingerprint density at radius 2 is 1.57 bits per heavy atom. The van der Waals surface area contributed by atoms with Crippen LogP contribution < -0.4 is 5.32 Å². The van der Waals surface area contributed by atoms with Gasteiger partial charge in [-0.3, -0.25) is 4.99 Å². The van der Waals surface area contributed by atoms with Crippen LogP contribution in [0.4, 0.5) is 5.00 Å². The van der Waals surface area contributed by atoms with E-state index in [-0.39, 0.29) is 16.9 Å². The summed E-state index contributed by atoms with van der Waals surface area (Å²) < 4.78 is 1.31. The van der Waals surface area contributed by atoms with Crippen LogP contribution in [0.5, 0.6) is 0 Å². The summed E-state index contributed by atoms with van der Waals surface area (Å²) in [6.07, 6.45) is 19.4. The summed E-state index contributed by atoms with van der Waals surface area (Å²) in [7, 11) is 0. The van der Waals surface area contributed by atoms with Crippen molar-refractivity contribution in [3.63, 3.8) is 0 Å². The van der Waals surface area contributed by atoms with E-state index in [1.807, 2.05) is 11.3 Å². The van der Waals surface area contributed by atoms with Gasteiger partial charge in [-0.15, -0.1) is 11.3 Å². The summed E-state index contributed by atoms with van der Waals surface area (Å²) >= 11 is 1.84. The minimum atomic E-state index is -0.0121. The molecule has 2 nitrogen and oxygen atoms in total. The molecule has 1 N–H and O–H groups in total. The zero-order valence-corrected chi connectivity index (χ0v) is 29.6. The molecular formula is C46H42N2S. The van der Waals surface area contributed by atoms with Crippen LogP contribution in [-0.2, 0) is 5.41 Å². The molecule has 1 aromatic heterocycles. The van der Waals surface area contributed by atoms with E-state index in [2.05, 4.69) is 142 Å². The molecule has 242 valence electrons. The molecule has 3 heteroatoms. The largest absolute Gasteiger partial charge is 0.332 e. The third kappa shape index (κ3) is 4.27. The van der Waals surface area contributed by atoms with Crippen molar-refractivity contribution in [2.24, 2.45) is 22.2 Å². The van der Waals surface area contributed by atoms with E-state index in [0.717, 1.165) is 18.7 Å². The van der Waals surface area contributed by atoms with Gasteiger partial charge in [0.15, 0.2) is 0 Å². The second-order valence-electron chi connectivity index (χ2n) is 15.8. The molecule has 10 rings (SSSR count). The van der Waals surface area contributed by atoms with Gasteiger partial charge in [0.1, 0.15) is 16.9 Å².